The lowest BCUT2D eigenvalue weighted by molar-refractivity contribution is -0.139. The summed E-state index contributed by atoms with van der Waals surface area (Å²) in [5, 5.41) is 3.32. The van der Waals surface area contributed by atoms with Crippen molar-refractivity contribution >= 4 is 39.1 Å². The van der Waals surface area contributed by atoms with Crippen LogP contribution in [0.25, 0.3) is 0 Å². The molecule has 3 rings (SSSR count). The molecule has 1 atom stereocenters. The molecule has 1 unspecified atom stereocenters. The average Bonchev–Trinajstić information content (AvgIpc) is 2.90. The lowest BCUT2D eigenvalue weighted by atomic mass is 10.1. The molecule has 202 valence electrons. The fourth-order valence-corrected chi connectivity index (χ4v) is 5.34. The Morgan fingerprint density at radius 1 is 0.895 bits per heavy atom. The van der Waals surface area contributed by atoms with Crippen LogP contribution in [0.5, 0.6) is 0 Å². The summed E-state index contributed by atoms with van der Waals surface area (Å²) >= 11 is 6.05. The van der Waals surface area contributed by atoms with Crippen LogP contribution in [-0.2, 0) is 26.2 Å². The second-order valence-electron chi connectivity index (χ2n) is 9.62. The van der Waals surface area contributed by atoms with Crippen LogP contribution in [0.3, 0.4) is 0 Å². The number of nitrogens with one attached hydrogen (secondary N) is 1. The number of halogens is 1. The summed E-state index contributed by atoms with van der Waals surface area (Å²) in [6.07, 6.45) is 0. The molecular weight excluding hydrogens is 522 g/mol. The van der Waals surface area contributed by atoms with Gasteiger partial charge in [-0.25, -0.2) is 8.42 Å². The molecule has 0 radical (unpaired) electrons. The molecule has 9 heteroatoms. The molecule has 0 aromatic heterocycles. The first kappa shape index (κ1) is 29.2. The Hall–Kier alpha value is -3.36. The standard InChI is InChI=1S/C29H34ClN3O4S/c1-21(2)18-31-29(35)23(4)32(19-24-12-10-22(3)11-13-24)28(34)20-33(26-16-14-25(30)15-17-26)38(36,37)27-8-6-5-7-9-27/h5-17,21,23H,18-20H2,1-4H3,(H,31,35). The van der Waals surface area contributed by atoms with E-state index < -0.39 is 28.5 Å². The largest absolute Gasteiger partial charge is 0.354 e. The Labute approximate surface area is 230 Å². The molecule has 0 heterocycles. The van der Waals surface area contributed by atoms with Gasteiger partial charge in [0.15, 0.2) is 0 Å². The van der Waals surface area contributed by atoms with Crippen molar-refractivity contribution < 1.29 is 18.0 Å². The number of carbonyl (C=O) groups is 2. The summed E-state index contributed by atoms with van der Waals surface area (Å²) in [6, 6.07) is 21.0. The van der Waals surface area contributed by atoms with Gasteiger partial charge in [-0.1, -0.05) is 73.5 Å². The molecule has 0 fully saturated rings. The number of hydrogen-bond acceptors (Lipinski definition) is 4. The van der Waals surface area contributed by atoms with Crippen LogP contribution in [-0.4, -0.2) is 44.3 Å². The van der Waals surface area contributed by atoms with Crippen LogP contribution in [0.4, 0.5) is 5.69 Å². The summed E-state index contributed by atoms with van der Waals surface area (Å²) in [4.78, 5) is 28.3. The molecule has 3 aromatic carbocycles. The first-order valence-electron chi connectivity index (χ1n) is 12.4. The van der Waals surface area contributed by atoms with E-state index in [0.717, 1.165) is 15.4 Å². The van der Waals surface area contributed by atoms with Crippen LogP contribution in [0.15, 0.2) is 83.8 Å². The zero-order chi connectivity index (χ0) is 27.9. The lowest BCUT2D eigenvalue weighted by Crippen LogP contribution is -2.51. The molecule has 0 saturated carbocycles. The summed E-state index contributed by atoms with van der Waals surface area (Å²) in [5.41, 5.74) is 2.19. The van der Waals surface area contributed by atoms with Crippen LogP contribution < -0.4 is 9.62 Å². The quantitative estimate of drug-likeness (QED) is 0.359. The van der Waals surface area contributed by atoms with Gasteiger partial charge >= 0.3 is 0 Å². The van der Waals surface area contributed by atoms with Gasteiger partial charge in [0, 0.05) is 18.1 Å². The molecule has 7 nitrogen and oxygen atoms in total. The number of anilines is 1. The predicted molar refractivity (Wildman–Crippen MR) is 151 cm³/mol. The second-order valence-corrected chi connectivity index (χ2v) is 11.9. The van der Waals surface area contributed by atoms with E-state index >= 15 is 0 Å². The first-order valence-corrected chi connectivity index (χ1v) is 14.3. The number of hydrogen-bond donors (Lipinski definition) is 1. The normalized spacial score (nSPS) is 12.2. The summed E-state index contributed by atoms with van der Waals surface area (Å²) in [7, 11) is -4.10. The fraction of sp³-hybridized carbons (Fsp3) is 0.310. The van der Waals surface area contributed by atoms with Crippen molar-refractivity contribution in [1.82, 2.24) is 10.2 Å². The highest BCUT2D eigenvalue weighted by Gasteiger charge is 2.32. The maximum atomic E-state index is 13.8. The van der Waals surface area contributed by atoms with Crippen molar-refractivity contribution in [2.24, 2.45) is 5.92 Å². The zero-order valence-electron chi connectivity index (χ0n) is 22.1. The van der Waals surface area contributed by atoms with Crippen molar-refractivity contribution in [1.29, 1.82) is 0 Å². The highest BCUT2D eigenvalue weighted by atomic mass is 35.5. The average molecular weight is 556 g/mol. The maximum absolute atomic E-state index is 13.8. The zero-order valence-corrected chi connectivity index (χ0v) is 23.7. The van der Waals surface area contributed by atoms with Gasteiger partial charge < -0.3 is 10.2 Å². The van der Waals surface area contributed by atoms with Crippen molar-refractivity contribution in [3.05, 3.63) is 95.0 Å². The number of aryl methyl sites for hydroxylation is 1. The minimum absolute atomic E-state index is 0.0514. The van der Waals surface area contributed by atoms with Crippen LogP contribution in [0.1, 0.15) is 31.9 Å². The number of carbonyl (C=O) groups excluding carboxylic acids is 2. The maximum Gasteiger partial charge on any atom is 0.264 e. The van der Waals surface area contributed by atoms with Gasteiger partial charge in [-0.05, 0) is 61.7 Å². The van der Waals surface area contributed by atoms with Gasteiger partial charge in [-0.2, -0.15) is 0 Å². The van der Waals surface area contributed by atoms with Crippen molar-refractivity contribution in [2.75, 3.05) is 17.4 Å². The van der Waals surface area contributed by atoms with Crippen LogP contribution >= 0.6 is 11.6 Å². The molecule has 0 aliphatic rings. The molecular formula is C29H34ClN3O4S. The van der Waals surface area contributed by atoms with Crippen molar-refractivity contribution in [2.45, 2.75) is 45.2 Å². The van der Waals surface area contributed by atoms with Gasteiger partial charge in [0.25, 0.3) is 10.0 Å². The SMILES string of the molecule is Cc1ccc(CN(C(=O)CN(c2ccc(Cl)cc2)S(=O)(=O)c2ccccc2)C(C)C(=O)NCC(C)C)cc1. The van der Waals surface area contributed by atoms with Crippen LogP contribution in [0.2, 0.25) is 5.02 Å². The number of rotatable bonds is 11. The van der Waals surface area contributed by atoms with E-state index in [9.17, 15) is 18.0 Å². The third-order valence-corrected chi connectivity index (χ3v) is 8.09. The molecule has 2 amide bonds. The Kier molecular flexibility index (Phi) is 9.94. The van der Waals surface area contributed by atoms with Gasteiger partial charge in [0.2, 0.25) is 11.8 Å². The molecule has 0 saturated heterocycles. The van der Waals surface area contributed by atoms with E-state index in [2.05, 4.69) is 5.32 Å². The number of benzene rings is 3. The molecule has 3 aromatic rings. The Morgan fingerprint density at radius 3 is 2.08 bits per heavy atom. The van der Waals surface area contributed by atoms with Crippen molar-refractivity contribution in [3.8, 4) is 0 Å². The highest BCUT2D eigenvalue weighted by Crippen LogP contribution is 2.26. The minimum Gasteiger partial charge on any atom is -0.354 e. The smallest absolute Gasteiger partial charge is 0.264 e. The monoisotopic (exact) mass is 555 g/mol. The summed E-state index contributed by atoms with van der Waals surface area (Å²) < 4.78 is 28.4. The molecule has 1 N–H and O–H groups in total. The third-order valence-electron chi connectivity index (χ3n) is 6.05. The minimum atomic E-state index is -4.10. The van der Waals surface area contributed by atoms with E-state index in [1.54, 1.807) is 49.4 Å². The number of amides is 2. The van der Waals surface area contributed by atoms with E-state index in [4.69, 9.17) is 11.6 Å². The van der Waals surface area contributed by atoms with Gasteiger partial charge in [0.1, 0.15) is 12.6 Å². The van der Waals surface area contributed by atoms with E-state index in [1.807, 2.05) is 45.0 Å². The summed E-state index contributed by atoms with van der Waals surface area (Å²) in [6.45, 7) is 7.71. The van der Waals surface area contributed by atoms with E-state index in [1.165, 1.54) is 17.0 Å². The summed E-state index contributed by atoms with van der Waals surface area (Å²) in [5.74, 6) is -0.570. The molecule has 0 aliphatic heterocycles. The molecule has 0 spiro atoms. The highest BCUT2D eigenvalue weighted by molar-refractivity contribution is 7.92. The second kappa shape index (κ2) is 12.9. The van der Waals surface area contributed by atoms with Gasteiger partial charge in [0.05, 0.1) is 10.6 Å². The van der Waals surface area contributed by atoms with Gasteiger partial charge in [-0.3, -0.25) is 13.9 Å². The van der Waals surface area contributed by atoms with Crippen LogP contribution in [0, 0.1) is 12.8 Å². The molecule has 0 bridgehead atoms. The number of nitrogens with zero attached hydrogens (tertiary/aromatic N) is 2. The Morgan fingerprint density at radius 2 is 1.50 bits per heavy atom. The fourth-order valence-electron chi connectivity index (χ4n) is 3.78. The third kappa shape index (κ3) is 7.58. The predicted octanol–water partition coefficient (Wildman–Crippen LogP) is 5.03. The Balaban J connectivity index is 1.98. The van der Waals surface area contributed by atoms with E-state index in [0.29, 0.717) is 17.3 Å². The molecule has 0 aliphatic carbocycles. The molecule has 38 heavy (non-hydrogen) atoms. The van der Waals surface area contributed by atoms with E-state index in [-0.39, 0.29) is 23.3 Å². The number of sulfonamides is 1. The Bertz CT molecular complexity index is 1330. The van der Waals surface area contributed by atoms with Crippen molar-refractivity contribution in [3.63, 3.8) is 0 Å². The lowest BCUT2D eigenvalue weighted by Gasteiger charge is -2.32. The topological polar surface area (TPSA) is 86.8 Å². The first-order chi connectivity index (χ1) is 18.0. The van der Waals surface area contributed by atoms with Gasteiger partial charge in [-0.15, -0.1) is 0 Å².